The SMILES string of the molecule is Cc1ccc(C(=O)O[C@H](C)C(=O)Nc2ccc(F)cc2)cc1NC(=O)c1ccco1. The molecule has 7 nitrogen and oxygen atoms in total. The summed E-state index contributed by atoms with van der Waals surface area (Å²) in [6, 6.07) is 13.0. The minimum atomic E-state index is -1.09. The van der Waals surface area contributed by atoms with Crippen LogP contribution in [0.2, 0.25) is 0 Å². The van der Waals surface area contributed by atoms with E-state index in [9.17, 15) is 18.8 Å². The van der Waals surface area contributed by atoms with Gasteiger partial charge in [0.15, 0.2) is 11.9 Å². The Bertz CT molecular complexity index is 1060. The molecule has 3 aromatic rings. The summed E-state index contributed by atoms with van der Waals surface area (Å²) in [5, 5.41) is 5.21. The summed E-state index contributed by atoms with van der Waals surface area (Å²) in [6.45, 7) is 3.19. The molecule has 2 aromatic carbocycles. The summed E-state index contributed by atoms with van der Waals surface area (Å²) in [7, 11) is 0. The number of aryl methyl sites for hydroxylation is 1. The number of carbonyl (C=O) groups excluding carboxylic acids is 3. The fourth-order valence-electron chi connectivity index (χ4n) is 2.53. The van der Waals surface area contributed by atoms with Crippen LogP contribution in [-0.4, -0.2) is 23.9 Å². The molecule has 1 heterocycles. The fraction of sp³-hybridized carbons (Fsp3) is 0.136. The summed E-state index contributed by atoms with van der Waals surface area (Å²) < 4.78 is 23.2. The molecule has 3 rings (SSSR count). The second-order valence-electron chi connectivity index (χ2n) is 6.50. The van der Waals surface area contributed by atoms with Crippen LogP contribution in [0.15, 0.2) is 65.3 Å². The molecule has 0 unspecified atom stereocenters. The summed E-state index contributed by atoms with van der Waals surface area (Å²) in [5.41, 5.74) is 1.68. The van der Waals surface area contributed by atoms with Crippen molar-refractivity contribution in [3.05, 3.63) is 83.6 Å². The number of carbonyl (C=O) groups is 3. The van der Waals surface area contributed by atoms with Gasteiger partial charge in [-0.1, -0.05) is 6.07 Å². The molecular weight excluding hydrogens is 391 g/mol. The zero-order valence-corrected chi connectivity index (χ0v) is 16.3. The smallest absolute Gasteiger partial charge is 0.338 e. The van der Waals surface area contributed by atoms with Crippen LogP contribution in [0.4, 0.5) is 15.8 Å². The predicted octanol–water partition coefficient (Wildman–Crippen LogP) is 4.16. The summed E-state index contributed by atoms with van der Waals surface area (Å²) in [4.78, 5) is 36.8. The van der Waals surface area contributed by atoms with Crippen molar-refractivity contribution in [3.63, 3.8) is 0 Å². The Kier molecular flexibility index (Phi) is 6.26. The number of anilines is 2. The second kappa shape index (κ2) is 9.04. The zero-order chi connectivity index (χ0) is 21.7. The predicted molar refractivity (Wildman–Crippen MR) is 108 cm³/mol. The van der Waals surface area contributed by atoms with Crippen molar-refractivity contribution in [2.45, 2.75) is 20.0 Å². The van der Waals surface area contributed by atoms with E-state index in [1.165, 1.54) is 55.7 Å². The van der Waals surface area contributed by atoms with E-state index < -0.39 is 29.7 Å². The largest absolute Gasteiger partial charge is 0.459 e. The van der Waals surface area contributed by atoms with E-state index in [0.29, 0.717) is 11.4 Å². The molecule has 2 amide bonds. The molecule has 0 saturated carbocycles. The van der Waals surface area contributed by atoms with Crippen LogP contribution in [0.1, 0.15) is 33.4 Å². The van der Waals surface area contributed by atoms with Crippen LogP contribution in [0.3, 0.4) is 0 Å². The van der Waals surface area contributed by atoms with Crippen LogP contribution in [0.25, 0.3) is 0 Å². The summed E-state index contributed by atoms with van der Waals surface area (Å²) in [5.74, 6) is -2.05. The lowest BCUT2D eigenvalue weighted by atomic mass is 10.1. The highest BCUT2D eigenvalue weighted by atomic mass is 19.1. The van der Waals surface area contributed by atoms with E-state index in [0.717, 1.165) is 5.56 Å². The third kappa shape index (κ3) is 5.11. The monoisotopic (exact) mass is 410 g/mol. The number of amides is 2. The van der Waals surface area contributed by atoms with Crippen molar-refractivity contribution >= 4 is 29.2 Å². The minimum absolute atomic E-state index is 0.133. The van der Waals surface area contributed by atoms with Crippen molar-refractivity contribution in [3.8, 4) is 0 Å². The van der Waals surface area contributed by atoms with E-state index >= 15 is 0 Å². The van der Waals surface area contributed by atoms with Crippen molar-refractivity contribution in [2.75, 3.05) is 10.6 Å². The molecule has 0 fully saturated rings. The number of furan rings is 1. The first-order valence-electron chi connectivity index (χ1n) is 9.06. The van der Waals surface area contributed by atoms with E-state index in [1.807, 2.05) is 0 Å². The molecule has 0 bridgehead atoms. The van der Waals surface area contributed by atoms with E-state index in [1.54, 1.807) is 19.1 Å². The van der Waals surface area contributed by atoms with Crippen LogP contribution in [0, 0.1) is 12.7 Å². The van der Waals surface area contributed by atoms with Crippen LogP contribution in [-0.2, 0) is 9.53 Å². The Morgan fingerprint density at radius 2 is 1.77 bits per heavy atom. The van der Waals surface area contributed by atoms with Gasteiger partial charge in [-0.3, -0.25) is 9.59 Å². The van der Waals surface area contributed by atoms with Gasteiger partial charge < -0.3 is 19.8 Å². The first kappa shape index (κ1) is 20.8. The van der Waals surface area contributed by atoms with Crippen molar-refractivity contribution < 1.29 is 27.9 Å². The molecule has 1 aromatic heterocycles. The number of esters is 1. The Morgan fingerprint density at radius 1 is 1.03 bits per heavy atom. The van der Waals surface area contributed by atoms with Gasteiger partial charge >= 0.3 is 5.97 Å². The van der Waals surface area contributed by atoms with Crippen LogP contribution >= 0.6 is 0 Å². The van der Waals surface area contributed by atoms with Crippen LogP contribution < -0.4 is 10.6 Å². The molecule has 8 heteroatoms. The topological polar surface area (TPSA) is 97.6 Å². The maximum atomic E-state index is 12.9. The van der Waals surface area contributed by atoms with Gasteiger partial charge in [0.2, 0.25) is 0 Å². The molecular formula is C22H19FN2O5. The van der Waals surface area contributed by atoms with Gasteiger partial charge in [0.25, 0.3) is 11.8 Å². The highest BCUT2D eigenvalue weighted by Gasteiger charge is 2.20. The highest BCUT2D eigenvalue weighted by molar-refractivity contribution is 6.03. The van der Waals surface area contributed by atoms with Gasteiger partial charge in [-0.2, -0.15) is 0 Å². The lowest BCUT2D eigenvalue weighted by molar-refractivity contribution is -0.123. The zero-order valence-electron chi connectivity index (χ0n) is 16.3. The van der Waals surface area contributed by atoms with Gasteiger partial charge in [-0.25, -0.2) is 9.18 Å². The first-order valence-corrected chi connectivity index (χ1v) is 9.06. The molecule has 154 valence electrons. The van der Waals surface area contributed by atoms with E-state index in [-0.39, 0.29) is 11.3 Å². The number of hydrogen-bond acceptors (Lipinski definition) is 5. The number of halogens is 1. The van der Waals surface area contributed by atoms with Crippen molar-refractivity contribution in [1.29, 1.82) is 0 Å². The lowest BCUT2D eigenvalue weighted by Gasteiger charge is -2.14. The molecule has 0 radical (unpaired) electrons. The average molecular weight is 410 g/mol. The Balaban J connectivity index is 1.65. The third-order valence-corrected chi connectivity index (χ3v) is 4.23. The van der Waals surface area contributed by atoms with E-state index in [4.69, 9.17) is 9.15 Å². The summed E-state index contributed by atoms with van der Waals surface area (Å²) in [6.07, 6.45) is 0.290. The molecule has 0 aliphatic rings. The molecule has 30 heavy (non-hydrogen) atoms. The Labute approximate surface area is 171 Å². The molecule has 2 N–H and O–H groups in total. The quantitative estimate of drug-likeness (QED) is 0.595. The first-order chi connectivity index (χ1) is 14.3. The number of hydrogen-bond donors (Lipinski definition) is 2. The normalized spacial score (nSPS) is 11.4. The maximum Gasteiger partial charge on any atom is 0.338 e. The Hall–Kier alpha value is -3.94. The number of nitrogens with one attached hydrogen (secondary N) is 2. The molecule has 0 saturated heterocycles. The molecule has 0 aliphatic carbocycles. The molecule has 0 aliphatic heterocycles. The molecule has 0 spiro atoms. The Morgan fingerprint density at radius 3 is 2.43 bits per heavy atom. The van der Waals surface area contributed by atoms with Gasteiger partial charge in [0, 0.05) is 11.4 Å². The molecule has 1 atom stereocenters. The third-order valence-electron chi connectivity index (χ3n) is 4.23. The lowest BCUT2D eigenvalue weighted by Crippen LogP contribution is -2.30. The second-order valence-corrected chi connectivity index (χ2v) is 6.50. The van der Waals surface area contributed by atoms with Gasteiger partial charge in [0.05, 0.1) is 11.8 Å². The number of rotatable bonds is 6. The minimum Gasteiger partial charge on any atom is -0.459 e. The average Bonchev–Trinajstić information content (AvgIpc) is 3.26. The van der Waals surface area contributed by atoms with Gasteiger partial charge in [-0.05, 0) is 67.9 Å². The van der Waals surface area contributed by atoms with Gasteiger partial charge in [-0.15, -0.1) is 0 Å². The van der Waals surface area contributed by atoms with Gasteiger partial charge in [0.1, 0.15) is 5.82 Å². The standard InChI is InChI=1S/C22H19FN2O5/c1-13-5-6-15(12-18(13)25-21(27)19-4-3-11-29-19)22(28)30-14(2)20(26)24-17-9-7-16(23)8-10-17/h3-12,14H,1-2H3,(H,24,26)(H,25,27)/t14-/m1/s1. The van der Waals surface area contributed by atoms with Crippen molar-refractivity contribution in [2.24, 2.45) is 0 Å². The number of ether oxygens (including phenoxy) is 1. The maximum absolute atomic E-state index is 12.9. The number of benzene rings is 2. The fourth-order valence-corrected chi connectivity index (χ4v) is 2.53. The van der Waals surface area contributed by atoms with E-state index in [2.05, 4.69) is 10.6 Å². The van der Waals surface area contributed by atoms with Crippen LogP contribution in [0.5, 0.6) is 0 Å². The van der Waals surface area contributed by atoms with Crippen molar-refractivity contribution in [1.82, 2.24) is 0 Å². The summed E-state index contributed by atoms with van der Waals surface area (Å²) >= 11 is 0. The highest BCUT2D eigenvalue weighted by Crippen LogP contribution is 2.19.